The lowest BCUT2D eigenvalue weighted by molar-refractivity contribution is 0.149. The minimum atomic E-state index is -0.506. The lowest BCUT2D eigenvalue weighted by Crippen LogP contribution is -2.22. The van der Waals surface area contributed by atoms with Crippen LogP contribution in [0.4, 0.5) is 4.79 Å². The smallest absolute Gasteiger partial charge is 0.316 e. The van der Waals surface area contributed by atoms with Gasteiger partial charge in [0.05, 0.1) is 5.71 Å². The van der Waals surface area contributed by atoms with Gasteiger partial charge in [-0.25, -0.2) is 4.79 Å². The fraction of sp³-hybridized carbons (Fsp3) is 0.385. The van der Waals surface area contributed by atoms with Crippen LogP contribution < -0.4 is 5.32 Å². The Bertz CT molecular complexity index is 411. The standard InChI is InChI=1S/C13H16N2O2/c1-10(12-7-8-12)15-17-13(16)14-9-11-5-3-2-4-6-11/h2-6,12H,7-9H2,1H3,(H,14,16)/b15-10+. The monoisotopic (exact) mass is 232 g/mol. The van der Waals surface area contributed by atoms with Gasteiger partial charge in [-0.3, -0.25) is 4.84 Å². The zero-order valence-electron chi connectivity index (χ0n) is 9.85. The molecule has 0 unspecified atom stereocenters. The normalized spacial score (nSPS) is 15.5. The highest BCUT2D eigenvalue weighted by Gasteiger charge is 2.25. The van der Waals surface area contributed by atoms with Gasteiger partial charge in [0.2, 0.25) is 0 Å². The van der Waals surface area contributed by atoms with E-state index >= 15 is 0 Å². The number of nitrogens with one attached hydrogen (secondary N) is 1. The Hall–Kier alpha value is -1.84. The van der Waals surface area contributed by atoms with E-state index in [9.17, 15) is 4.79 Å². The van der Waals surface area contributed by atoms with Gasteiger partial charge in [-0.05, 0) is 25.3 Å². The van der Waals surface area contributed by atoms with Crippen molar-refractivity contribution in [2.75, 3.05) is 0 Å². The van der Waals surface area contributed by atoms with Gasteiger partial charge in [0.25, 0.3) is 0 Å². The molecule has 1 amide bonds. The van der Waals surface area contributed by atoms with Gasteiger partial charge in [-0.1, -0.05) is 35.5 Å². The molecule has 0 aliphatic heterocycles. The van der Waals surface area contributed by atoms with Crippen molar-refractivity contribution in [1.29, 1.82) is 0 Å². The van der Waals surface area contributed by atoms with E-state index in [0.717, 1.165) is 24.1 Å². The maximum atomic E-state index is 11.3. The van der Waals surface area contributed by atoms with Crippen LogP contribution in [0, 0.1) is 5.92 Å². The molecule has 4 nitrogen and oxygen atoms in total. The summed E-state index contributed by atoms with van der Waals surface area (Å²) in [6.45, 7) is 2.35. The van der Waals surface area contributed by atoms with Gasteiger partial charge in [-0.2, -0.15) is 0 Å². The van der Waals surface area contributed by atoms with Crippen LogP contribution in [0.2, 0.25) is 0 Å². The van der Waals surface area contributed by atoms with Crippen molar-refractivity contribution in [1.82, 2.24) is 5.32 Å². The highest BCUT2D eigenvalue weighted by molar-refractivity contribution is 5.86. The highest BCUT2D eigenvalue weighted by Crippen LogP contribution is 2.30. The van der Waals surface area contributed by atoms with Crippen molar-refractivity contribution in [3.05, 3.63) is 35.9 Å². The molecule has 1 saturated carbocycles. The number of amides is 1. The second-order valence-corrected chi connectivity index (χ2v) is 4.22. The van der Waals surface area contributed by atoms with Crippen molar-refractivity contribution < 1.29 is 9.63 Å². The number of rotatable bonds is 4. The van der Waals surface area contributed by atoms with Crippen LogP contribution in [-0.2, 0) is 11.4 Å². The summed E-state index contributed by atoms with van der Waals surface area (Å²) in [4.78, 5) is 16.1. The first-order valence-electron chi connectivity index (χ1n) is 5.79. The molecule has 1 aliphatic rings. The second kappa shape index (κ2) is 5.48. The van der Waals surface area contributed by atoms with Crippen molar-refractivity contribution in [2.45, 2.75) is 26.3 Å². The molecule has 2 rings (SSSR count). The van der Waals surface area contributed by atoms with Gasteiger partial charge >= 0.3 is 6.09 Å². The number of oxime groups is 1. The molecule has 0 saturated heterocycles. The van der Waals surface area contributed by atoms with Crippen LogP contribution in [0.15, 0.2) is 35.5 Å². The third kappa shape index (κ3) is 3.90. The molecular weight excluding hydrogens is 216 g/mol. The Balaban J connectivity index is 1.72. The van der Waals surface area contributed by atoms with E-state index in [2.05, 4.69) is 10.5 Å². The Morgan fingerprint density at radius 2 is 2.12 bits per heavy atom. The van der Waals surface area contributed by atoms with Crippen LogP contribution in [0.1, 0.15) is 25.3 Å². The molecule has 0 atom stereocenters. The van der Waals surface area contributed by atoms with Gasteiger partial charge in [-0.15, -0.1) is 0 Å². The zero-order valence-corrected chi connectivity index (χ0v) is 9.85. The predicted molar refractivity (Wildman–Crippen MR) is 65.6 cm³/mol. The third-order valence-corrected chi connectivity index (χ3v) is 2.72. The molecule has 0 bridgehead atoms. The molecular formula is C13H16N2O2. The molecule has 17 heavy (non-hydrogen) atoms. The first kappa shape index (κ1) is 11.6. The average Bonchev–Trinajstić information content (AvgIpc) is 3.19. The summed E-state index contributed by atoms with van der Waals surface area (Å²) in [6.07, 6.45) is 1.81. The molecule has 1 aromatic carbocycles. The van der Waals surface area contributed by atoms with E-state index in [4.69, 9.17) is 4.84 Å². The first-order chi connectivity index (χ1) is 8.25. The van der Waals surface area contributed by atoms with E-state index < -0.39 is 6.09 Å². The van der Waals surface area contributed by atoms with Gasteiger partial charge < -0.3 is 5.32 Å². The lowest BCUT2D eigenvalue weighted by Gasteiger charge is -2.03. The van der Waals surface area contributed by atoms with E-state index in [-0.39, 0.29) is 0 Å². The number of carbonyl (C=O) groups is 1. The third-order valence-electron chi connectivity index (χ3n) is 2.72. The van der Waals surface area contributed by atoms with Crippen LogP contribution >= 0.6 is 0 Å². The van der Waals surface area contributed by atoms with E-state index in [1.807, 2.05) is 37.3 Å². The van der Waals surface area contributed by atoms with Crippen molar-refractivity contribution in [3.63, 3.8) is 0 Å². The number of benzene rings is 1. The summed E-state index contributed by atoms with van der Waals surface area (Å²) in [6, 6.07) is 9.68. The highest BCUT2D eigenvalue weighted by atomic mass is 16.7. The predicted octanol–water partition coefficient (Wildman–Crippen LogP) is 2.70. The minimum Gasteiger partial charge on any atom is -0.316 e. The Morgan fingerprint density at radius 1 is 1.41 bits per heavy atom. The topological polar surface area (TPSA) is 50.7 Å². The SMILES string of the molecule is C/C(=N\OC(=O)NCc1ccccc1)C1CC1. The molecule has 90 valence electrons. The van der Waals surface area contributed by atoms with Crippen LogP contribution in [0.3, 0.4) is 0 Å². The summed E-state index contributed by atoms with van der Waals surface area (Å²) in [5, 5.41) is 6.45. The number of hydrogen-bond acceptors (Lipinski definition) is 3. The maximum absolute atomic E-state index is 11.3. The molecule has 0 aromatic heterocycles. The minimum absolute atomic E-state index is 0.456. The average molecular weight is 232 g/mol. The summed E-state index contributed by atoms with van der Waals surface area (Å²) in [7, 11) is 0. The second-order valence-electron chi connectivity index (χ2n) is 4.22. The summed E-state index contributed by atoms with van der Waals surface area (Å²) in [5.74, 6) is 0.525. The van der Waals surface area contributed by atoms with E-state index in [1.54, 1.807) is 0 Å². The largest absolute Gasteiger partial charge is 0.433 e. The maximum Gasteiger partial charge on any atom is 0.433 e. The summed E-state index contributed by atoms with van der Waals surface area (Å²) < 4.78 is 0. The molecule has 1 aromatic rings. The van der Waals surface area contributed by atoms with Crippen molar-refractivity contribution in [3.8, 4) is 0 Å². The summed E-state index contributed by atoms with van der Waals surface area (Å²) in [5.41, 5.74) is 1.94. The lowest BCUT2D eigenvalue weighted by atomic mass is 10.2. The zero-order chi connectivity index (χ0) is 12.1. The fourth-order valence-corrected chi connectivity index (χ4v) is 1.49. The number of carbonyl (C=O) groups excluding carboxylic acids is 1. The Kier molecular flexibility index (Phi) is 3.75. The van der Waals surface area contributed by atoms with Crippen LogP contribution in [-0.4, -0.2) is 11.8 Å². The quantitative estimate of drug-likeness (QED) is 0.493. The first-order valence-corrected chi connectivity index (χ1v) is 5.79. The molecule has 0 heterocycles. The van der Waals surface area contributed by atoms with Crippen molar-refractivity contribution >= 4 is 11.8 Å². The van der Waals surface area contributed by atoms with E-state index in [0.29, 0.717) is 12.5 Å². The summed E-state index contributed by atoms with van der Waals surface area (Å²) >= 11 is 0. The molecule has 1 aliphatic carbocycles. The Morgan fingerprint density at radius 3 is 2.76 bits per heavy atom. The van der Waals surface area contributed by atoms with E-state index in [1.165, 1.54) is 0 Å². The Labute approximate surface area is 101 Å². The number of nitrogens with zero attached hydrogens (tertiary/aromatic N) is 1. The van der Waals surface area contributed by atoms with Crippen LogP contribution in [0.5, 0.6) is 0 Å². The van der Waals surface area contributed by atoms with Crippen molar-refractivity contribution in [2.24, 2.45) is 11.1 Å². The van der Waals surface area contributed by atoms with Gasteiger partial charge in [0, 0.05) is 12.5 Å². The van der Waals surface area contributed by atoms with Crippen LogP contribution in [0.25, 0.3) is 0 Å². The molecule has 0 radical (unpaired) electrons. The van der Waals surface area contributed by atoms with Gasteiger partial charge in [0.15, 0.2) is 0 Å². The molecule has 4 heteroatoms. The fourth-order valence-electron chi connectivity index (χ4n) is 1.49. The molecule has 1 N–H and O–H groups in total. The van der Waals surface area contributed by atoms with Gasteiger partial charge in [0.1, 0.15) is 0 Å². The number of hydrogen-bond donors (Lipinski definition) is 1. The molecule has 0 spiro atoms. The molecule has 1 fully saturated rings.